The minimum Gasteiger partial charge on any atom is -0.486 e. The van der Waals surface area contributed by atoms with Crippen molar-refractivity contribution >= 4 is 5.69 Å². The predicted molar refractivity (Wildman–Crippen MR) is 135 cm³/mol. The van der Waals surface area contributed by atoms with E-state index in [0.29, 0.717) is 12.4 Å². The van der Waals surface area contributed by atoms with Gasteiger partial charge in [-0.05, 0) is 64.4 Å². The van der Waals surface area contributed by atoms with Gasteiger partial charge in [0.1, 0.15) is 23.6 Å². The average molecular weight is 489 g/mol. The van der Waals surface area contributed by atoms with Crippen molar-refractivity contribution in [3.05, 3.63) is 36.7 Å². The van der Waals surface area contributed by atoms with Gasteiger partial charge in [0.15, 0.2) is 5.82 Å². The number of aromatic nitrogens is 2. The first-order valence-corrected chi connectivity index (χ1v) is 12.4. The SMILES string of the molecule is CC(C)(C)Oc1cc(-c2ncccn2)ccc1NCCCCCCN1C[C@H](O)[C@@H](O)[C@H](O)[C@H]1CO. The number of anilines is 1. The van der Waals surface area contributed by atoms with Crippen LogP contribution in [-0.4, -0.2) is 91.5 Å². The first-order valence-electron chi connectivity index (χ1n) is 12.4. The standard InChI is InChI=1S/C26H40N4O5/c1-26(2,3)35-22-15-18(25-28-12-8-13-29-25)9-10-19(22)27-11-6-4-5-7-14-30-16-21(32)24(34)23(33)20(30)17-31/h8-10,12-13,15,20-21,23-24,27,31-34H,4-7,11,14,16-17H2,1-3H3/t20-,21+,23-,24-/m1/s1. The van der Waals surface area contributed by atoms with Crippen LogP contribution in [0.25, 0.3) is 11.4 Å². The van der Waals surface area contributed by atoms with E-state index in [4.69, 9.17) is 4.74 Å². The Balaban J connectivity index is 1.46. The first-order chi connectivity index (χ1) is 16.7. The van der Waals surface area contributed by atoms with E-state index < -0.39 is 24.4 Å². The molecule has 5 N–H and O–H groups in total. The number of nitrogens with zero attached hydrogens (tertiary/aromatic N) is 3. The highest BCUT2D eigenvalue weighted by atomic mass is 16.5. The first kappa shape index (κ1) is 27.3. The van der Waals surface area contributed by atoms with E-state index >= 15 is 0 Å². The number of hydrogen-bond acceptors (Lipinski definition) is 9. The molecule has 0 unspecified atom stereocenters. The van der Waals surface area contributed by atoms with Crippen LogP contribution in [0.15, 0.2) is 36.7 Å². The molecule has 1 aromatic heterocycles. The summed E-state index contributed by atoms with van der Waals surface area (Å²) >= 11 is 0. The van der Waals surface area contributed by atoms with E-state index in [2.05, 4.69) is 15.3 Å². The van der Waals surface area contributed by atoms with Gasteiger partial charge in [-0.2, -0.15) is 0 Å². The average Bonchev–Trinajstić information content (AvgIpc) is 2.82. The molecule has 194 valence electrons. The molecule has 1 fully saturated rings. The van der Waals surface area contributed by atoms with Crippen molar-refractivity contribution in [2.75, 3.05) is 31.6 Å². The Morgan fingerprint density at radius 2 is 1.74 bits per heavy atom. The van der Waals surface area contributed by atoms with Gasteiger partial charge in [0.2, 0.25) is 0 Å². The molecule has 35 heavy (non-hydrogen) atoms. The Kier molecular flexibility index (Phi) is 9.82. The van der Waals surface area contributed by atoms with Gasteiger partial charge in [-0.15, -0.1) is 0 Å². The quantitative estimate of drug-likeness (QED) is 0.302. The van der Waals surface area contributed by atoms with Crippen molar-refractivity contribution < 1.29 is 25.2 Å². The number of rotatable bonds is 11. The van der Waals surface area contributed by atoms with E-state index in [1.54, 1.807) is 18.5 Å². The fourth-order valence-corrected chi connectivity index (χ4v) is 4.32. The molecule has 3 rings (SSSR count). The fraction of sp³-hybridized carbons (Fsp3) is 0.615. The van der Waals surface area contributed by atoms with Crippen molar-refractivity contribution in [1.82, 2.24) is 14.9 Å². The zero-order valence-corrected chi connectivity index (χ0v) is 21.0. The maximum Gasteiger partial charge on any atom is 0.159 e. The Bertz CT molecular complexity index is 908. The molecule has 1 aromatic carbocycles. The van der Waals surface area contributed by atoms with E-state index in [-0.39, 0.29) is 18.8 Å². The van der Waals surface area contributed by atoms with Gasteiger partial charge in [0, 0.05) is 31.0 Å². The third-order valence-corrected chi connectivity index (χ3v) is 6.13. The third-order valence-electron chi connectivity index (χ3n) is 6.13. The van der Waals surface area contributed by atoms with Crippen molar-refractivity contribution in [2.45, 2.75) is 76.4 Å². The van der Waals surface area contributed by atoms with Crippen LogP contribution in [0.4, 0.5) is 5.69 Å². The number of likely N-dealkylation sites (tertiary alicyclic amines) is 1. The van der Waals surface area contributed by atoms with Crippen LogP contribution in [0.2, 0.25) is 0 Å². The van der Waals surface area contributed by atoms with Gasteiger partial charge in [-0.25, -0.2) is 9.97 Å². The van der Waals surface area contributed by atoms with Crippen molar-refractivity contribution in [2.24, 2.45) is 0 Å². The molecule has 0 saturated carbocycles. The highest BCUT2D eigenvalue weighted by Crippen LogP contribution is 2.32. The van der Waals surface area contributed by atoms with Crippen molar-refractivity contribution in [3.8, 4) is 17.1 Å². The molecule has 0 radical (unpaired) electrons. The topological polar surface area (TPSA) is 131 Å². The lowest BCUT2D eigenvalue weighted by atomic mass is 9.94. The van der Waals surface area contributed by atoms with Crippen molar-refractivity contribution in [3.63, 3.8) is 0 Å². The normalized spacial score (nSPS) is 23.3. The maximum atomic E-state index is 10.1. The number of ether oxygens (including phenoxy) is 1. The summed E-state index contributed by atoms with van der Waals surface area (Å²) < 4.78 is 6.20. The fourth-order valence-electron chi connectivity index (χ4n) is 4.32. The molecule has 1 aliphatic heterocycles. The molecule has 2 aromatic rings. The molecular weight excluding hydrogens is 448 g/mol. The molecule has 0 bridgehead atoms. The highest BCUT2D eigenvalue weighted by Gasteiger charge is 2.40. The van der Waals surface area contributed by atoms with Crippen molar-refractivity contribution in [1.29, 1.82) is 0 Å². The van der Waals surface area contributed by atoms with Gasteiger partial charge in [0.05, 0.1) is 24.4 Å². The molecule has 9 heteroatoms. The van der Waals surface area contributed by atoms with Crippen LogP contribution in [0.1, 0.15) is 46.5 Å². The molecule has 2 heterocycles. The molecule has 0 amide bonds. The number of aliphatic hydroxyl groups is 4. The molecule has 0 aliphatic carbocycles. The second kappa shape index (κ2) is 12.6. The number of unbranched alkanes of at least 4 members (excludes halogenated alkanes) is 3. The summed E-state index contributed by atoms with van der Waals surface area (Å²) in [6, 6.07) is 7.21. The molecule has 9 nitrogen and oxygen atoms in total. The summed E-state index contributed by atoms with van der Waals surface area (Å²) in [7, 11) is 0. The van der Waals surface area contributed by atoms with Crippen LogP contribution in [0.5, 0.6) is 5.75 Å². The lowest BCUT2D eigenvalue weighted by molar-refractivity contribution is -0.145. The van der Waals surface area contributed by atoms with E-state index in [1.807, 2.05) is 43.9 Å². The Labute approximate surface area is 207 Å². The van der Waals surface area contributed by atoms with E-state index in [0.717, 1.165) is 49.2 Å². The van der Waals surface area contributed by atoms with Gasteiger partial charge in [-0.1, -0.05) is 12.8 Å². The Morgan fingerprint density at radius 1 is 1.03 bits per heavy atom. The Hall–Kier alpha value is -2.30. The van der Waals surface area contributed by atoms with Gasteiger partial charge in [-0.3, -0.25) is 4.90 Å². The summed E-state index contributed by atoms with van der Waals surface area (Å²) in [6.07, 6.45) is 3.96. The van der Waals surface area contributed by atoms with Crippen LogP contribution in [0.3, 0.4) is 0 Å². The third kappa shape index (κ3) is 7.85. The van der Waals surface area contributed by atoms with Crippen LogP contribution >= 0.6 is 0 Å². The van der Waals surface area contributed by atoms with Gasteiger partial charge in [0.25, 0.3) is 0 Å². The number of benzene rings is 1. The molecule has 1 aliphatic rings. The molecular formula is C26H40N4O5. The van der Waals surface area contributed by atoms with Gasteiger partial charge < -0.3 is 30.5 Å². The summed E-state index contributed by atoms with van der Waals surface area (Å²) in [4.78, 5) is 10.5. The lowest BCUT2D eigenvalue weighted by Gasteiger charge is -2.43. The second-order valence-corrected chi connectivity index (χ2v) is 10.1. The zero-order valence-electron chi connectivity index (χ0n) is 21.0. The summed E-state index contributed by atoms with van der Waals surface area (Å²) in [5.41, 5.74) is 1.49. The largest absolute Gasteiger partial charge is 0.486 e. The minimum absolute atomic E-state index is 0.247. The van der Waals surface area contributed by atoms with Crippen LogP contribution < -0.4 is 10.1 Å². The van der Waals surface area contributed by atoms with E-state index in [9.17, 15) is 20.4 Å². The molecule has 0 spiro atoms. The number of aliphatic hydroxyl groups excluding tert-OH is 4. The second-order valence-electron chi connectivity index (χ2n) is 10.1. The molecule has 1 saturated heterocycles. The smallest absolute Gasteiger partial charge is 0.159 e. The van der Waals surface area contributed by atoms with Gasteiger partial charge >= 0.3 is 0 Å². The maximum absolute atomic E-state index is 10.1. The number of nitrogens with one attached hydrogen (secondary N) is 1. The number of hydrogen-bond donors (Lipinski definition) is 5. The molecule has 4 atom stereocenters. The zero-order chi connectivity index (χ0) is 25.4. The van der Waals surface area contributed by atoms with E-state index in [1.165, 1.54) is 0 Å². The minimum atomic E-state index is -1.21. The summed E-state index contributed by atoms with van der Waals surface area (Å²) in [5, 5.41) is 42.9. The number of piperidine rings is 1. The monoisotopic (exact) mass is 488 g/mol. The lowest BCUT2D eigenvalue weighted by Crippen LogP contribution is -2.62. The number of β-amino-alcohol motifs (C(OH)–C–C–N with tert-alkyl or cyclic N) is 1. The summed E-state index contributed by atoms with van der Waals surface area (Å²) in [6.45, 7) is 7.52. The summed E-state index contributed by atoms with van der Waals surface area (Å²) in [5.74, 6) is 1.42. The highest BCUT2D eigenvalue weighted by molar-refractivity contribution is 5.67. The predicted octanol–water partition coefficient (Wildman–Crippen LogP) is 2.05. The Morgan fingerprint density at radius 3 is 2.43 bits per heavy atom. The van der Waals surface area contributed by atoms with Crippen LogP contribution in [-0.2, 0) is 0 Å². The van der Waals surface area contributed by atoms with Crippen LogP contribution in [0, 0.1) is 0 Å².